The number of thiocarbonyl (C=S) groups is 1. The fraction of sp³-hybridized carbons (Fsp3) is 0.952. The zero-order chi connectivity index (χ0) is 18.6. The van der Waals surface area contributed by atoms with E-state index in [1.54, 1.807) is 9.47 Å². The van der Waals surface area contributed by atoms with E-state index >= 15 is 0 Å². The number of hydrogen-bond acceptors (Lipinski definition) is 2. The summed E-state index contributed by atoms with van der Waals surface area (Å²) in [6.07, 6.45) is 22.3. The van der Waals surface area contributed by atoms with Crippen molar-refractivity contribution in [2.75, 3.05) is 13.1 Å². The van der Waals surface area contributed by atoms with E-state index in [-0.39, 0.29) is 0 Å². The van der Waals surface area contributed by atoms with Crippen molar-refractivity contribution in [2.45, 2.75) is 117 Å². The van der Waals surface area contributed by atoms with Gasteiger partial charge in [0.2, 0.25) is 0 Å². The van der Waals surface area contributed by atoms with Crippen molar-refractivity contribution in [2.24, 2.45) is 0 Å². The number of nitrogens with zero attached hydrogens (tertiary/aromatic N) is 1. The Labute approximate surface area is 178 Å². The maximum absolute atomic E-state index is 5.57. The average molecular weight is 469 g/mol. The SMILES string of the molecule is CCCCCCCCCCN(CCCCCCCCCC)C(=S)[S][Mo]. The van der Waals surface area contributed by atoms with Crippen LogP contribution < -0.4 is 0 Å². The summed E-state index contributed by atoms with van der Waals surface area (Å²) in [6, 6.07) is 0. The van der Waals surface area contributed by atoms with Gasteiger partial charge in [0.05, 0.1) is 0 Å². The van der Waals surface area contributed by atoms with Gasteiger partial charge in [0.25, 0.3) is 0 Å². The van der Waals surface area contributed by atoms with Gasteiger partial charge in [-0.05, 0) is 0 Å². The molecule has 25 heavy (non-hydrogen) atoms. The molecule has 149 valence electrons. The fourth-order valence-electron chi connectivity index (χ4n) is 3.22. The summed E-state index contributed by atoms with van der Waals surface area (Å²) in [4.78, 5) is 2.47. The van der Waals surface area contributed by atoms with Crippen molar-refractivity contribution < 1.29 is 18.5 Å². The van der Waals surface area contributed by atoms with Crippen molar-refractivity contribution in [3.63, 3.8) is 0 Å². The van der Waals surface area contributed by atoms with Gasteiger partial charge in [-0.25, -0.2) is 0 Å². The van der Waals surface area contributed by atoms with E-state index in [2.05, 4.69) is 37.3 Å². The van der Waals surface area contributed by atoms with E-state index in [9.17, 15) is 0 Å². The molecular weight excluding hydrogens is 426 g/mol. The zero-order valence-electron chi connectivity index (χ0n) is 16.9. The number of rotatable bonds is 18. The molecule has 0 saturated heterocycles. The second-order valence-corrected chi connectivity index (χ2v) is 9.71. The van der Waals surface area contributed by atoms with E-state index in [1.807, 2.05) is 0 Å². The van der Waals surface area contributed by atoms with Gasteiger partial charge >= 0.3 is 165 Å². The third-order valence-electron chi connectivity index (χ3n) is 4.89. The van der Waals surface area contributed by atoms with Gasteiger partial charge in [-0.2, -0.15) is 0 Å². The third kappa shape index (κ3) is 18.1. The van der Waals surface area contributed by atoms with Crippen LogP contribution in [-0.2, 0) is 18.5 Å². The third-order valence-corrected chi connectivity index (χ3v) is 7.81. The van der Waals surface area contributed by atoms with Gasteiger partial charge in [0.1, 0.15) is 0 Å². The molecule has 0 bridgehead atoms. The molecule has 0 atom stereocenters. The molecule has 0 aliphatic rings. The number of unbranched alkanes of at least 4 members (excludes halogenated alkanes) is 14. The summed E-state index contributed by atoms with van der Waals surface area (Å²) in [5.41, 5.74) is 0. The molecule has 0 fully saturated rings. The molecule has 0 amide bonds. The zero-order valence-corrected chi connectivity index (χ0v) is 20.5. The molecule has 0 aromatic rings. The molecule has 0 aromatic heterocycles. The van der Waals surface area contributed by atoms with E-state index in [0.717, 1.165) is 4.32 Å². The molecule has 4 heteroatoms. The van der Waals surface area contributed by atoms with Gasteiger partial charge in [-0.15, -0.1) is 0 Å². The van der Waals surface area contributed by atoms with Crippen molar-refractivity contribution in [3.05, 3.63) is 0 Å². The topological polar surface area (TPSA) is 3.24 Å². The summed E-state index contributed by atoms with van der Waals surface area (Å²) in [5.74, 6) is 0. The first-order valence-electron chi connectivity index (χ1n) is 10.8. The molecule has 0 N–H and O–H groups in total. The van der Waals surface area contributed by atoms with E-state index in [0.29, 0.717) is 0 Å². The Hall–Kier alpha value is 0.928. The van der Waals surface area contributed by atoms with Crippen LogP contribution >= 0.6 is 21.7 Å². The molecule has 0 aliphatic carbocycles. The van der Waals surface area contributed by atoms with Gasteiger partial charge in [-0.1, -0.05) is 13.8 Å². The van der Waals surface area contributed by atoms with Crippen LogP contribution in [0.25, 0.3) is 0 Å². The molecule has 0 aromatic carbocycles. The first kappa shape index (κ1) is 25.9. The van der Waals surface area contributed by atoms with Crippen LogP contribution in [0.4, 0.5) is 0 Å². The minimum atomic E-state index is 1.11. The fourth-order valence-corrected chi connectivity index (χ4v) is 4.47. The Kier molecular flexibility index (Phi) is 22.0. The Balaban J connectivity index is 3.64. The van der Waals surface area contributed by atoms with E-state index in [1.165, 1.54) is 116 Å². The van der Waals surface area contributed by atoms with Crippen LogP contribution in [0.15, 0.2) is 0 Å². The van der Waals surface area contributed by atoms with E-state index < -0.39 is 0 Å². The van der Waals surface area contributed by atoms with Crippen LogP contribution in [-0.4, -0.2) is 22.3 Å². The van der Waals surface area contributed by atoms with Crippen LogP contribution in [0.5, 0.6) is 0 Å². The maximum atomic E-state index is 5.57. The molecule has 0 saturated carbocycles. The quantitative estimate of drug-likeness (QED) is 0.114. The van der Waals surface area contributed by atoms with Crippen LogP contribution in [0.1, 0.15) is 117 Å². The summed E-state index contributed by atoms with van der Waals surface area (Å²) < 4.78 is 1.11. The molecule has 0 aliphatic heterocycles. The monoisotopic (exact) mass is 470 g/mol. The molecule has 1 nitrogen and oxygen atoms in total. The minimum absolute atomic E-state index is 1.11. The molecule has 0 spiro atoms. The Bertz CT molecular complexity index is 267. The molecule has 0 radical (unpaired) electrons. The predicted octanol–water partition coefficient (Wildman–Crippen LogP) is 8.05. The van der Waals surface area contributed by atoms with Gasteiger partial charge in [0, 0.05) is 0 Å². The van der Waals surface area contributed by atoms with Gasteiger partial charge in [0.15, 0.2) is 0 Å². The second-order valence-electron chi connectivity index (χ2n) is 7.29. The summed E-state index contributed by atoms with van der Waals surface area (Å²) in [6.45, 7) is 6.92. The van der Waals surface area contributed by atoms with Crippen molar-refractivity contribution in [3.8, 4) is 0 Å². The normalized spacial score (nSPS) is 11.0. The molecule has 0 rings (SSSR count). The van der Waals surface area contributed by atoms with Crippen LogP contribution in [0.2, 0.25) is 0 Å². The van der Waals surface area contributed by atoms with Crippen LogP contribution in [0.3, 0.4) is 0 Å². The number of hydrogen-bond donors (Lipinski definition) is 0. The summed E-state index contributed by atoms with van der Waals surface area (Å²) in [7, 11) is 1.76. The first-order chi connectivity index (χ1) is 12.3. The Morgan fingerprint density at radius 3 is 1.28 bits per heavy atom. The molecule has 0 heterocycles. The summed E-state index contributed by atoms with van der Waals surface area (Å²) in [5, 5.41) is 0. The van der Waals surface area contributed by atoms with Gasteiger partial charge < -0.3 is 0 Å². The van der Waals surface area contributed by atoms with Gasteiger partial charge in [-0.3, -0.25) is 0 Å². The Morgan fingerprint density at radius 2 is 0.960 bits per heavy atom. The standard InChI is InChI=1S/C21H43NS2.Mo/c1-3-5-7-9-11-13-15-17-19-22(21(23)24)20-18-16-14-12-10-8-6-4-2;/h3-20H2,1-2H3,(H,23,24);/q;+1/p-1. The van der Waals surface area contributed by atoms with Crippen molar-refractivity contribution in [1.82, 2.24) is 4.90 Å². The summed E-state index contributed by atoms with van der Waals surface area (Å²) >= 11 is 7.62. The van der Waals surface area contributed by atoms with Crippen molar-refractivity contribution in [1.29, 1.82) is 0 Å². The average Bonchev–Trinajstić information content (AvgIpc) is 2.63. The first-order valence-corrected chi connectivity index (χ1v) is 14.5. The molecular formula is C21H42MoNS2. The van der Waals surface area contributed by atoms with E-state index in [4.69, 9.17) is 12.2 Å². The van der Waals surface area contributed by atoms with Crippen molar-refractivity contribution >= 4 is 26.0 Å². The Morgan fingerprint density at radius 1 is 0.640 bits per heavy atom. The predicted molar refractivity (Wildman–Crippen MR) is 117 cm³/mol. The van der Waals surface area contributed by atoms with Crippen LogP contribution in [0, 0.1) is 0 Å². The second kappa shape index (κ2) is 21.2. The molecule has 0 unspecified atom stereocenters.